The lowest BCUT2D eigenvalue weighted by Crippen LogP contribution is -2.59. The summed E-state index contributed by atoms with van der Waals surface area (Å²) in [6.45, 7) is 10.2. The number of likely N-dealkylation sites (N-methyl/N-ethyl adjacent to an activating group) is 2. The maximum atomic E-state index is 6.21. The van der Waals surface area contributed by atoms with Crippen LogP contribution < -0.4 is 5.73 Å². The maximum absolute atomic E-state index is 6.21. The third-order valence-corrected chi connectivity index (χ3v) is 5.36. The van der Waals surface area contributed by atoms with Crippen molar-refractivity contribution in [3.05, 3.63) is 0 Å². The molecule has 0 aromatic carbocycles. The third-order valence-electron chi connectivity index (χ3n) is 5.36. The Labute approximate surface area is 120 Å². The molecule has 0 spiro atoms. The summed E-state index contributed by atoms with van der Waals surface area (Å²) in [6.07, 6.45) is 6.28. The van der Waals surface area contributed by atoms with Gasteiger partial charge in [-0.25, -0.2) is 0 Å². The predicted molar refractivity (Wildman–Crippen MR) is 84.4 cm³/mol. The summed E-state index contributed by atoms with van der Waals surface area (Å²) in [5.41, 5.74) is 6.40. The first-order chi connectivity index (χ1) is 8.99. The van der Waals surface area contributed by atoms with Crippen LogP contribution in [0.25, 0.3) is 0 Å². The Balaban J connectivity index is 2.78. The Kier molecular flexibility index (Phi) is 6.78. The Hall–Kier alpha value is -0.120. The first kappa shape index (κ1) is 16.9. The standard InChI is InChI=1S/C16H35N3/c1-6-14(3)11-16(7-2,13-17)19(5)15-9-8-10-18(4)12-15/h14-15H,6-13,17H2,1-5H3. The van der Waals surface area contributed by atoms with Crippen LogP contribution in [0.15, 0.2) is 0 Å². The van der Waals surface area contributed by atoms with Crippen molar-refractivity contribution in [2.24, 2.45) is 11.7 Å². The molecule has 0 radical (unpaired) electrons. The van der Waals surface area contributed by atoms with Crippen molar-refractivity contribution in [1.29, 1.82) is 0 Å². The monoisotopic (exact) mass is 269 g/mol. The number of nitrogens with two attached hydrogens (primary N) is 1. The van der Waals surface area contributed by atoms with Gasteiger partial charge in [0.15, 0.2) is 0 Å². The van der Waals surface area contributed by atoms with Gasteiger partial charge in [0.25, 0.3) is 0 Å². The zero-order chi connectivity index (χ0) is 14.5. The molecule has 3 nitrogen and oxygen atoms in total. The molecule has 3 heteroatoms. The number of rotatable bonds is 7. The molecule has 1 aliphatic heterocycles. The molecule has 0 saturated carbocycles. The van der Waals surface area contributed by atoms with Crippen LogP contribution in [0.3, 0.4) is 0 Å². The van der Waals surface area contributed by atoms with E-state index in [1.165, 1.54) is 38.8 Å². The largest absolute Gasteiger partial charge is 0.329 e. The van der Waals surface area contributed by atoms with E-state index in [4.69, 9.17) is 5.73 Å². The van der Waals surface area contributed by atoms with Gasteiger partial charge in [-0.3, -0.25) is 4.90 Å². The van der Waals surface area contributed by atoms with Crippen molar-refractivity contribution in [3.8, 4) is 0 Å². The van der Waals surface area contributed by atoms with Gasteiger partial charge < -0.3 is 10.6 Å². The molecule has 0 aliphatic carbocycles. The average molecular weight is 269 g/mol. The lowest BCUT2D eigenvalue weighted by atomic mass is 9.82. The quantitative estimate of drug-likeness (QED) is 0.771. The van der Waals surface area contributed by atoms with Crippen molar-refractivity contribution in [2.45, 2.75) is 64.5 Å². The molecule has 3 atom stereocenters. The van der Waals surface area contributed by atoms with Crippen LogP contribution in [-0.2, 0) is 0 Å². The van der Waals surface area contributed by atoms with E-state index in [1.807, 2.05) is 0 Å². The maximum Gasteiger partial charge on any atom is 0.0332 e. The second-order valence-corrected chi connectivity index (χ2v) is 6.67. The van der Waals surface area contributed by atoms with Crippen LogP contribution in [0.4, 0.5) is 0 Å². The summed E-state index contributed by atoms with van der Waals surface area (Å²) in [4.78, 5) is 5.08. The van der Waals surface area contributed by atoms with Crippen LogP contribution >= 0.6 is 0 Å². The van der Waals surface area contributed by atoms with E-state index in [0.29, 0.717) is 6.04 Å². The van der Waals surface area contributed by atoms with Gasteiger partial charge in [-0.15, -0.1) is 0 Å². The van der Waals surface area contributed by atoms with Crippen LogP contribution in [-0.4, -0.2) is 55.1 Å². The Morgan fingerprint density at radius 1 is 1.42 bits per heavy atom. The van der Waals surface area contributed by atoms with Gasteiger partial charge in [-0.2, -0.15) is 0 Å². The van der Waals surface area contributed by atoms with Crippen molar-refractivity contribution in [2.75, 3.05) is 33.7 Å². The van der Waals surface area contributed by atoms with Crippen molar-refractivity contribution < 1.29 is 0 Å². The second-order valence-electron chi connectivity index (χ2n) is 6.67. The predicted octanol–water partition coefficient (Wildman–Crippen LogP) is 2.56. The Morgan fingerprint density at radius 2 is 2.11 bits per heavy atom. The number of hydrogen-bond acceptors (Lipinski definition) is 3. The first-order valence-electron chi connectivity index (χ1n) is 8.10. The SMILES string of the molecule is CCC(C)CC(CC)(CN)N(C)C1CCCN(C)C1. The normalized spacial score (nSPS) is 26.4. The summed E-state index contributed by atoms with van der Waals surface area (Å²) >= 11 is 0. The highest BCUT2D eigenvalue weighted by Crippen LogP contribution is 2.31. The van der Waals surface area contributed by atoms with Gasteiger partial charge in [0.1, 0.15) is 0 Å². The number of nitrogens with zero attached hydrogens (tertiary/aromatic N) is 2. The third kappa shape index (κ3) is 4.17. The molecule has 1 fully saturated rings. The van der Waals surface area contributed by atoms with Crippen LogP contribution in [0.1, 0.15) is 52.9 Å². The van der Waals surface area contributed by atoms with E-state index in [9.17, 15) is 0 Å². The van der Waals surface area contributed by atoms with E-state index in [0.717, 1.165) is 18.9 Å². The molecule has 0 bridgehead atoms. The summed E-state index contributed by atoms with van der Waals surface area (Å²) in [7, 11) is 4.55. The van der Waals surface area contributed by atoms with Gasteiger partial charge in [0.2, 0.25) is 0 Å². The molecule has 1 aliphatic rings. The molecular formula is C16H35N3. The van der Waals surface area contributed by atoms with E-state index >= 15 is 0 Å². The highest BCUT2D eigenvalue weighted by Gasteiger charge is 2.37. The van der Waals surface area contributed by atoms with E-state index < -0.39 is 0 Å². The van der Waals surface area contributed by atoms with Gasteiger partial charge >= 0.3 is 0 Å². The summed E-state index contributed by atoms with van der Waals surface area (Å²) in [5, 5.41) is 0. The highest BCUT2D eigenvalue weighted by atomic mass is 15.3. The fraction of sp³-hybridized carbons (Fsp3) is 1.00. The molecule has 1 saturated heterocycles. The Bertz CT molecular complexity index is 250. The van der Waals surface area contributed by atoms with Crippen molar-refractivity contribution >= 4 is 0 Å². The summed E-state index contributed by atoms with van der Waals surface area (Å²) in [6, 6.07) is 0.673. The lowest BCUT2D eigenvalue weighted by molar-refractivity contribution is 0.0206. The molecule has 0 aromatic heterocycles. The first-order valence-corrected chi connectivity index (χ1v) is 8.10. The minimum atomic E-state index is 0.193. The molecule has 3 unspecified atom stereocenters. The zero-order valence-corrected chi connectivity index (χ0v) is 13.8. The highest BCUT2D eigenvalue weighted by molar-refractivity contribution is 4.95. The fourth-order valence-electron chi connectivity index (χ4n) is 3.54. The summed E-state index contributed by atoms with van der Waals surface area (Å²) in [5.74, 6) is 0.757. The molecule has 1 rings (SSSR count). The molecule has 0 amide bonds. The van der Waals surface area contributed by atoms with Crippen molar-refractivity contribution in [1.82, 2.24) is 9.80 Å². The van der Waals surface area contributed by atoms with Crippen LogP contribution in [0, 0.1) is 5.92 Å². The van der Waals surface area contributed by atoms with E-state index in [1.54, 1.807) is 0 Å². The zero-order valence-electron chi connectivity index (χ0n) is 13.8. The topological polar surface area (TPSA) is 32.5 Å². The number of likely N-dealkylation sites (tertiary alicyclic amines) is 1. The average Bonchev–Trinajstić information content (AvgIpc) is 2.44. The van der Waals surface area contributed by atoms with Gasteiger partial charge in [-0.1, -0.05) is 27.2 Å². The lowest BCUT2D eigenvalue weighted by Gasteiger charge is -2.48. The van der Waals surface area contributed by atoms with E-state index in [-0.39, 0.29) is 5.54 Å². The molecule has 0 aromatic rings. The second kappa shape index (κ2) is 7.61. The minimum Gasteiger partial charge on any atom is -0.329 e. The smallest absolute Gasteiger partial charge is 0.0332 e. The number of piperidine rings is 1. The van der Waals surface area contributed by atoms with E-state index in [2.05, 4.69) is 44.7 Å². The molecular weight excluding hydrogens is 234 g/mol. The van der Waals surface area contributed by atoms with Crippen LogP contribution in [0.5, 0.6) is 0 Å². The minimum absolute atomic E-state index is 0.193. The molecule has 19 heavy (non-hydrogen) atoms. The Morgan fingerprint density at radius 3 is 2.58 bits per heavy atom. The fourth-order valence-corrected chi connectivity index (χ4v) is 3.54. The van der Waals surface area contributed by atoms with Gasteiger partial charge in [0.05, 0.1) is 0 Å². The molecule has 2 N–H and O–H groups in total. The summed E-state index contributed by atoms with van der Waals surface area (Å²) < 4.78 is 0. The van der Waals surface area contributed by atoms with Crippen molar-refractivity contribution in [3.63, 3.8) is 0 Å². The number of hydrogen-bond donors (Lipinski definition) is 1. The van der Waals surface area contributed by atoms with Gasteiger partial charge in [0, 0.05) is 24.7 Å². The van der Waals surface area contributed by atoms with Gasteiger partial charge in [-0.05, 0) is 52.2 Å². The van der Waals surface area contributed by atoms with Crippen LogP contribution in [0.2, 0.25) is 0 Å². The molecule has 114 valence electrons. The molecule has 1 heterocycles.